The van der Waals surface area contributed by atoms with Crippen molar-refractivity contribution in [3.63, 3.8) is 0 Å². The number of esters is 1. The Bertz CT molecular complexity index is 796. The quantitative estimate of drug-likeness (QED) is 0.519. The van der Waals surface area contributed by atoms with E-state index in [1.807, 2.05) is 13.0 Å². The standard InChI is InChI=1S/C24H31NO5/c1-3-29-21-11-16(4-6-20(21)28-2)5-7-23(27)30-15-22(26)25-24-12-17-8-18(13-24)10-19(9-17)14-24/h4-7,11,17-19H,3,8-10,12-15H2,1-2H3,(H,25,26)/b7-5+. The van der Waals surface area contributed by atoms with Crippen LogP contribution in [0.15, 0.2) is 24.3 Å². The van der Waals surface area contributed by atoms with E-state index in [0.717, 1.165) is 42.6 Å². The van der Waals surface area contributed by atoms with E-state index in [2.05, 4.69) is 5.32 Å². The molecule has 0 spiro atoms. The molecular formula is C24H31NO5. The van der Waals surface area contributed by atoms with E-state index in [0.29, 0.717) is 18.1 Å². The van der Waals surface area contributed by atoms with E-state index in [1.165, 1.54) is 25.3 Å². The maximum absolute atomic E-state index is 12.5. The highest BCUT2D eigenvalue weighted by Gasteiger charge is 2.51. The normalized spacial score (nSPS) is 29.1. The van der Waals surface area contributed by atoms with Crippen molar-refractivity contribution in [3.8, 4) is 11.5 Å². The van der Waals surface area contributed by atoms with Crippen molar-refractivity contribution in [2.45, 2.75) is 51.0 Å². The van der Waals surface area contributed by atoms with Crippen LogP contribution in [0.2, 0.25) is 0 Å². The summed E-state index contributed by atoms with van der Waals surface area (Å²) in [7, 11) is 1.58. The van der Waals surface area contributed by atoms with Gasteiger partial charge < -0.3 is 19.5 Å². The molecule has 4 aliphatic rings. The Labute approximate surface area is 178 Å². The number of hydrogen-bond acceptors (Lipinski definition) is 5. The summed E-state index contributed by atoms with van der Waals surface area (Å²) in [5, 5.41) is 3.22. The molecule has 0 saturated heterocycles. The minimum atomic E-state index is -0.538. The molecule has 0 radical (unpaired) electrons. The number of nitrogens with one attached hydrogen (secondary N) is 1. The van der Waals surface area contributed by atoms with Gasteiger partial charge in [0, 0.05) is 11.6 Å². The molecule has 1 aromatic carbocycles. The molecule has 4 fully saturated rings. The molecule has 5 rings (SSSR count). The topological polar surface area (TPSA) is 73.9 Å². The van der Waals surface area contributed by atoms with Gasteiger partial charge in [0.05, 0.1) is 13.7 Å². The molecule has 30 heavy (non-hydrogen) atoms. The Hall–Kier alpha value is -2.50. The lowest BCUT2D eigenvalue weighted by molar-refractivity contribution is -0.145. The average molecular weight is 414 g/mol. The van der Waals surface area contributed by atoms with E-state index in [4.69, 9.17) is 14.2 Å². The first-order valence-electron chi connectivity index (χ1n) is 11.0. The van der Waals surface area contributed by atoms with Crippen LogP contribution in [0.3, 0.4) is 0 Å². The second-order valence-electron chi connectivity index (χ2n) is 9.03. The van der Waals surface area contributed by atoms with Crippen molar-refractivity contribution in [1.29, 1.82) is 0 Å². The third kappa shape index (κ3) is 4.63. The van der Waals surface area contributed by atoms with Gasteiger partial charge >= 0.3 is 5.97 Å². The van der Waals surface area contributed by atoms with Crippen LogP contribution in [0.25, 0.3) is 6.08 Å². The average Bonchev–Trinajstić information content (AvgIpc) is 2.70. The fraction of sp³-hybridized carbons (Fsp3) is 0.583. The number of amides is 1. The molecule has 4 aliphatic carbocycles. The van der Waals surface area contributed by atoms with Crippen molar-refractivity contribution in [1.82, 2.24) is 5.32 Å². The predicted octanol–water partition coefficient (Wildman–Crippen LogP) is 3.74. The molecule has 162 valence electrons. The Morgan fingerprint density at radius 1 is 1.10 bits per heavy atom. The maximum atomic E-state index is 12.5. The molecule has 6 heteroatoms. The van der Waals surface area contributed by atoms with Gasteiger partial charge in [-0.15, -0.1) is 0 Å². The van der Waals surface area contributed by atoms with Gasteiger partial charge in [-0.05, 0) is 87.0 Å². The summed E-state index contributed by atoms with van der Waals surface area (Å²) in [5.74, 6) is 2.80. The van der Waals surface area contributed by atoms with Gasteiger partial charge in [0.2, 0.25) is 0 Å². The molecule has 0 unspecified atom stereocenters. The third-order valence-corrected chi connectivity index (χ3v) is 6.69. The zero-order chi connectivity index (χ0) is 21.1. The lowest BCUT2D eigenvalue weighted by Crippen LogP contribution is -2.60. The molecule has 4 bridgehead atoms. The van der Waals surface area contributed by atoms with Crippen LogP contribution in [0.1, 0.15) is 51.0 Å². The van der Waals surface area contributed by atoms with Crippen LogP contribution in [-0.4, -0.2) is 37.7 Å². The van der Waals surface area contributed by atoms with Crippen LogP contribution in [0.5, 0.6) is 11.5 Å². The fourth-order valence-corrected chi connectivity index (χ4v) is 6.01. The second-order valence-corrected chi connectivity index (χ2v) is 9.03. The van der Waals surface area contributed by atoms with Gasteiger partial charge in [0.15, 0.2) is 18.1 Å². The molecule has 6 nitrogen and oxygen atoms in total. The van der Waals surface area contributed by atoms with Crippen LogP contribution < -0.4 is 14.8 Å². The highest BCUT2D eigenvalue weighted by atomic mass is 16.5. The van der Waals surface area contributed by atoms with Crippen LogP contribution in [0.4, 0.5) is 0 Å². The molecule has 0 atom stereocenters. The summed E-state index contributed by atoms with van der Waals surface area (Å²) in [6, 6.07) is 5.41. The number of hydrogen-bond donors (Lipinski definition) is 1. The van der Waals surface area contributed by atoms with E-state index < -0.39 is 5.97 Å². The van der Waals surface area contributed by atoms with Crippen LogP contribution in [0, 0.1) is 17.8 Å². The smallest absolute Gasteiger partial charge is 0.331 e. The zero-order valence-electron chi connectivity index (χ0n) is 17.8. The summed E-state index contributed by atoms with van der Waals surface area (Å²) >= 11 is 0. The lowest BCUT2D eigenvalue weighted by atomic mass is 9.53. The van der Waals surface area contributed by atoms with Crippen LogP contribution in [-0.2, 0) is 14.3 Å². The molecule has 0 heterocycles. The molecule has 1 N–H and O–H groups in total. The Kier molecular flexibility index (Phi) is 6.02. The lowest BCUT2D eigenvalue weighted by Gasteiger charge is -2.56. The van der Waals surface area contributed by atoms with Crippen molar-refractivity contribution < 1.29 is 23.8 Å². The highest BCUT2D eigenvalue weighted by Crippen LogP contribution is 2.55. The van der Waals surface area contributed by atoms with Gasteiger partial charge in [0.25, 0.3) is 5.91 Å². The highest BCUT2D eigenvalue weighted by molar-refractivity contribution is 5.89. The molecule has 0 aliphatic heterocycles. The van der Waals surface area contributed by atoms with Crippen molar-refractivity contribution in [2.75, 3.05) is 20.3 Å². The molecule has 1 amide bonds. The largest absolute Gasteiger partial charge is 0.493 e. The minimum absolute atomic E-state index is 0.0626. The molecule has 0 aromatic heterocycles. The summed E-state index contributed by atoms with van der Waals surface area (Å²) in [6.07, 6.45) is 10.2. The van der Waals surface area contributed by atoms with Gasteiger partial charge in [-0.1, -0.05) is 6.07 Å². The summed E-state index contributed by atoms with van der Waals surface area (Å²) in [6.45, 7) is 2.18. The number of benzene rings is 1. The first-order chi connectivity index (χ1) is 14.5. The maximum Gasteiger partial charge on any atom is 0.331 e. The number of ether oxygens (including phenoxy) is 3. The number of rotatable bonds is 8. The van der Waals surface area contributed by atoms with Gasteiger partial charge in [-0.3, -0.25) is 4.79 Å². The van der Waals surface area contributed by atoms with E-state index in [9.17, 15) is 9.59 Å². The van der Waals surface area contributed by atoms with Gasteiger partial charge in [-0.2, -0.15) is 0 Å². The molecular weight excluding hydrogens is 382 g/mol. The number of carbonyl (C=O) groups excluding carboxylic acids is 2. The van der Waals surface area contributed by atoms with Crippen LogP contribution >= 0.6 is 0 Å². The molecule has 1 aromatic rings. The molecule has 4 saturated carbocycles. The van der Waals surface area contributed by atoms with E-state index in [1.54, 1.807) is 25.3 Å². The van der Waals surface area contributed by atoms with Crippen molar-refractivity contribution in [3.05, 3.63) is 29.8 Å². The van der Waals surface area contributed by atoms with Gasteiger partial charge in [-0.25, -0.2) is 4.79 Å². The Morgan fingerprint density at radius 3 is 2.37 bits per heavy atom. The van der Waals surface area contributed by atoms with Gasteiger partial charge in [0.1, 0.15) is 0 Å². The monoisotopic (exact) mass is 413 g/mol. The second kappa shape index (κ2) is 8.70. The van der Waals surface area contributed by atoms with E-state index in [-0.39, 0.29) is 18.1 Å². The zero-order valence-corrected chi connectivity index (χ0v) is 17.8. The third-order valence-electron chi connectivity index (χ3n) is 6.69. The fourth-order valence-electron chi connectivity index (χ4n) is 6.01. The first kappa shape index (κ1) is 20.8. The first-order valence-corrected chi connectivity index (χ1v) is 11.0. The Morgan fingerprint density at radius 2 is 1.77 bits per heavy atom. The summed E-state index contributed by atoms with van der Waals surface area (Å²) in [4.78, 5) is 24.5. The van der Waals surface area contributed by atoms with Crippen molar-refractivity contribution in [2.24, 2.45) is 17.8 Å². The Balaban J connectivity index is 1.27. The predicted molar refractivity (Wildman–Crippen MR) is 113 cm³/mol. The number of methoxy groups -OCH3 is 1. The minimum Gasteiger partial charge on any atom is -0.493 e. The SMILES string of the molecule is CCOc1cc(/C=C/C(=O)OCC(=O)NC23CC4CC(CC(C4)C2)C3)ccc1OC. The van der Waals surface area contributed by atoms with E-state index >= 15 is 0 Å². The van der Waals surface area contributed by atoms with Crippen molar-refractivity contribution >= 4 is 18.0 Å². The summed E-state index contributed by atoms with van der Waals surface area (Å²) < 4.78 is 16.0. The summed E-state index contributed by atoms with van der Waals surface area (Å²) in [5.41, 5.74) is 0.724. The number of carbonyl (C=O) groups is 2.